The summed E-state index contributed by atoms with van der Waals surface area (Å²) in [7, 11) is -3.92. The second-order valence-corrected chi connectivity index (χ2v) is 9.58. The fourth-order valence-electron chi connectivity index (χ4n) is 3.92. The molecule has 1 fully saturated rings. The summed E-state index contributed by atoms with van der Waals surface area (Å²) in [5.74, 6) is 0.156. The molecule has 2 aromatic carbocycles. The Morgan fingerprint density at radius 2 is 1.78 bits per heavy atom. The fourth-order valence-corrected chi connectivity index (χ4v) is 5.65. The van der Waals surface area contributed by atoms with Crippen molar-refractivity contribution in [1.29, 1.82) is 0 Å². The number of ether oxygens (including phenoxy) is 1. The van der Waals surface area contributed by atoms with Gasteiger partial charge >= 0.3 is 0 Å². The molecular formula is C22H24N4O5S. The summed E-state index contributed by atoms with van der Waals surface area (Å²) in [5, 5.41) is 9.06. The topological polar surface area (TPSA) is 114 Å². The summed E-state index contributed by atoms with van der Waals surface area (Å²) in [4.78, 5) is 16.2. The van der Waals surface area contributed by atoms with E-state index in [1.54, 1.807) is 37.1 Å². The smallest absolute Gasteiger partial charge is 0.262 e. The van der Waals surface area contributed by atoms with E-state index >= 15 is 0 Å². The van der Waals surface area contributed by atoms with Gasteiger partial charge < -0.3 is 9.30 Å². The van der Waals surface area contributed by atoms with Crippen molar-refractivity contribution < 1.29 is 23.2 Å². The Morgan fingerprint density at radius 1 is 1.12 bits per heavy atom. The number of rotatable bonds is 6. The van der Waals surface area contributed by atoms with Crippen molar-refractivity contribution in [2.75, 3.05) is 6.54 Å². The Labute approximate surface area is 186 Å². The maximum atomic E-state index is 13.2. The molecule has 0 radical (unpaired) electrons. The average molecular weight is 457 g/mol. The van der Waals surface area contributed by atoms with E-state index in [1.807, 2.05) is 35.0 Å². The van der Waals surface area contributed by atoms with Crippen LogP contribution in [0.1, 0.15) is 19.8 Å². The van der Waals surface area contributed by atoms with E-state index < -0.39 is 22.0 Å². The van der Waals surface area contributed by atoms with Crippen molar-refractivity contribution >= 4 is 15.9 Å². The fraction of sp³-hybridized carbons (Fsp3) is 0.273. The van der Waals surface area contributed by atoms with Gasteiger partial charge in [-0.2, -0.15) is 4.31 Å². The molecule has 10 heteroatoms. The third kappa shape index (κ3) is 4.38. The maximum absolute atomic E-state index is 13.2. The van der Waals surface area contributed by atoms with Gasteiger partial charge in [0.05, 0.1) is 11.2 Å². The van der Waals surface area contributed by atoms with E-state index in [1.165, 1.54) is 12.1 Å². The minimum Gasteiger partial charge on any atom is -0.457 e. The molecule has 1 unspecified atom stereocenters. The van der Waals surface area contributed by atoms with E-state index in [2.05, 4.69) is 4.98 Å². The summed E-state index contributed by atoms with van der Waals surface area (Å²) in [5.41, 5.74) is 2.54. The van der Waals surface area contributed by atoms with E-state index in [0.29, 0.717) is 24.3 Å². The van der Waals surface area contributed by atoms with Crippen LogP contribution in [0.15, 0.2) is 72.1 Å². The Morgan fingerprint density at radius 3 is 2.38 bits per heavy atom. The summed E-state index contributed by atoms with van der Waals surface area (Å²) in [6.07, 6.45) is 6.59. The van der Waals surface area contributed by atoms with Crippen molar-refractivity contribution in [2.45, 2.75) is 30.7 Å². The zero-order valence-electron chi connectivity index (χ0n) is 17.5. The predicted molar refractivity (Wildman–Crippen MR) is 116 cm³/mol. The SMILES string of the molecule is C[C@H]1CCCN(S(=O)(=O)c2ccc(Oc3ccc(-n4ccnc4)cc3)cc2)C1C(=O)NO. The molecule has 2 heterocycles. The lowest BCUT2D eigenvalue weighted by atomic mass is 9.92. The van der Waals surface area contributed by atoms with Gasteiger partial charge in [0.25, 0.3) is 5.91 Å². The van der Waals surface area contributed by atoms with E-state index in [9.17, 15) is 13.2 Å². The number of sulfonamides is 1. The number of imidazole rings is 1. The first-order valence-electron chi connectivity index (χ1n) is 10.2. The predicted octanol–water partition coefficient (Wildman–Crippen LogP) is 2.96. The number of carbonyl (C=O) groups is 1. The monoisotopic (exact) mass is 456 g/mol. The van der Waals surface area contributed by atoms with Crippen LogP contribution in [0.2, 0.25) is 0 Å². The average Bonchev–Trinajstić information content (AvgIpc) is 3.34. The lowest BCUT2D eigenvalue weighted by Gasteiger charge is -2.37. The van der Waals surface area contributed by atoms with E-state index in [0.717, 1.165) is 9.99 Å². The quantitative estimate of drug-likeness (QED) is 0.435. The van der Waals surface area contributed by atoms with Gasteiger partial charge in [-0.25, -0.2) is 18.9 Å². The maximum Gasteiger partial charge on any atom is 0.262 e. The number of benzene rings is 2. The number of carbonyl (C=O) groups excluding carboxylic acids is 1. The van der Waals surface area contributed by atoms with Crippen LogP contribution in [-0.4, -0.2) is 46.0 Å². The standard InChI is InChI=1S/C22H24N4O5S/c1-16-3-2-13-26(21(16)22(27)24-28)32(29,30)20-10-8-19(9-11-20)31-18-6-4-17(5-7-18)25-14-12-23-15-25/h4-12,14-16,21,28H,2-3,13H2,1H3,(H,24,27)/t16-,21?/m0/s1. The van der Waals surface area contributed by atoms with Gasteiger partial charge in [0, 0.05) is 24.6 Å². The van der Waals surface area contributed by atoms with Gasteiger partial charge in [-0.05, 0) is 67.3 Å². The molecule has 1 saturated heterocycles. The van der Waals surface area contributed by atoms with Crippen LogP contribution >= 0.6 is 0 Å². The van der Waals surface area contributed by atoms with E-state index in [-0.39, 0.29) is 17.4 Å². The molecule has 4 rings (SSSR count). The van der Waals surface area contributed by atoms with Crippen LogP contribution in [0.25, 0.3) is 5.69 Å². The first-order valence-corrected chi connectivity index (χ1v) is 11.7. The van der Waals surface area contributed by atoms with Crippen LogP contribution in [-0.2, 0) is 14.8 Å². The van der Waals surface area contributed by atoms with Crippen LogP contribution < -0.4 is 10.2 Å². The van der Waals surface area contributed by atoms with Crippen molar-refractivity contribution in [3.05, 3.63) is 67.3 Å². The van der Waals surface area contributed by atoms with Crippen LogP contribution in [0.3, 0.4) is 0 Å². The Hall–Kier alpha value is -3.21. The first-order chi connectivity index (χ1) is 15.4. The Kier molecular flexibility index (Phi) is 6.26. The van der Waals surface area contributed by atoms with Crippen molar-refractivity contribution in [3.63, 3.8) is 0 Å². The lowest BCUT2D eigenvalue weighted by molar-refractivity contribution is -0.135. The van der Waals surface area contributed by atoms with Gasteiger partial charge in [0.1, 0.15) is 17.5 Å². The molecule has 1 aliphatic rings. The molecule has 32 heavy (non-hydrogen) atoms. The Bertz CT molecular complexity index is 1160. The molecule has 3 aromatic rings. The van der Waals surface area contributed by atoms with E-state index in [4.69, 9.17) is 9.94 Å². The largest absolute Gasteiger partial charge is 0.457 e. The van der Waals surface area contributed by atoms with Crippen LogP contribution in [0.5, 0.6) is 11.5 Å². The van der Waals surface area contributed by atoms with Gasteiger partial charge in [-0.15, -0.1) is 0 Å². The third-order valence-corrected chi connectivity index (χ3v) is 7.47. The summed E-state index contributed by atoms with van der Waals surface area (Å²) in [6.45, 7) is 2.02. The molecule has 2 N–H and O–H groups in total. The van der Waals surface area contributed by atoms with Gasteiger partial charge in [-0.3, -0.25) is 10.0 Å². The molecule has 2 atom stereocenters. The number of piperidine rings is 1. The highest BCUT2D eigenvalue weighted by molar-refractivity contribution is 7.89. The molecule has 1 aromatic heterocycles. The second-order valence-electron chi connectivity index (χ2n) is 7.69. The highest BCUT2D eigenvalue weighted by Crippen LogP contribution is 2.31. The lowest BCUT2D eigenvalue weighted by Crippen LogP contribution is -2.54. The molecule has 168 valence electrons. The number of hydrogen-bond acceptors (Lipinski definition) is 6. The molecule has 0 bridgehead atoms. The zero-order valence-corrected chi connectivity index (χ0v) is 18.3. The normalized spacial score (nSPS) is 19.4. The molecule has 1 aliphatic heterocycles. The summed E-state index contributed by atoms with van der Waals surface area (Å²) >= 11 is 0. The van der Waals surface area contributed by atoms with Crippen LogP contribution in [0, 0.1) is 5.92 Å². The summed E-state index contributed by atoms with van der Waals surface area (Å²) < 4.78 is 35.3. The molecule has 9 nitrogen and oxygen atoms in total. The molecule has 0 saturated carbocycles. The van der Waals surface area contributed by atoms with Crippen molar-refractivity contribution in [1.82, 2.24) is 19.3 Å². The minimum absolute atomic E-state index is 0.0603. The number of nitrogens with one attached hydrogen (secondary N) is 1. The van der Waals surface area contributed by atoms with Gasteiger partial charge in [-0.1, -0.05) is 6.92 Å². The highest BCUT2D eigenvalue weighted by atomic mass is 32.2. The Balaban J connectivity index is 1.50. The molecule has 0 spiro atoms. The molecule has 0 aliphatic carbocycles. The summed E-state index contributed by atoms with van der Waals surface area (Å²) in [6, 6.07) is 12.5. The molecule has 1 amide bonds. The number of amides is 1. The van der Waals surface area contributed by atoms with Gasteiger partial charge in [0.15, 0.2) is 0 Å². The van der Waals surface area contributed by atoms with Crippen molar-refractivity contribution in [2.24, 2.45) is 5.92 Å². The van der Waals surface area contributed by atoms with Crippen LogP contribution in [0.4, 0.5) is 0 Å². The number of hydroxylamine groups is 1. The first kappa shape index (κ1) is 22.0. The number of hydrogen-bond donors (Lipinski definition) is 2. The molecular weight excluding hydrogens is 432 g/mol. The van der Waals surface area contributed by atoms with Crippen molar-refractivity contribution in [3.8, 4) is 17.2 Å². The third-order valence-electron chi connectivity index (χ3n) is 5.57. The minimum atomic E-state index is -3.92. The highest BCUT2D eigenvalue weighted by Gasteiger charge is 2.41. The van der Waals surface area contributed by atoms with Gasteiger partial charge in [0.2, 0.25) is 10.0 Å². The zero-order chi connectivity index (χ0) is 22.7. The second kappa shape index (κ2) is 9.11. The number of aromatic nitrogens is 2. The number of nitrogens with zero attached hydrogens (tertiary/aromatic N) is 3.